The molecule has 0 radical (unpaired) electrons. The third-order valence-corrected chi connectivity index (χ3v) is 3.75. The van der Waals surface area contributed by atoms with Crippen LogP contribution in [0.25, 0.3) is 0 Å². The topological polar surface area (TPSA) is 55.4 Å². The van der Waals surface area contributed by atoms with Crippen LogP contribution in [-0.4, -0.2) is 36.9 Å². The summed E-state index contributed by atoms with van der Waals surface area (Å²) in [7, 11) is 0. The van der Waals surface area contributed by atoms with Crippen LogP contribution in [-0.2, 0) is 14.3 Å². The molecule has 0 aromatic heterocycles. The van der Waals surface area contributed by atoms with Crippen LogP contribution in [0.2, 0.25) is 0 Å². The van der Waals surface area contributed by atoms with Gasteiger partial charge in [-0.2, -0.15) is 8.78 Å². The van der Waals surface area contributed by atoms with E-state index in [2.05, 4.69) is 10.1 Å². The predicted octanol–water partition coefficient (Wildman–Crippen LogP) is 3.44. The Morgan fingerprint density at radius 3 is 2.26 bits per heavy atom. The molecule has 0 aromatic rings. The van der Waals surface area contributed by atoms with Gasteiger partial charge in [-0.25, -0.2) is 8.78 Å². The van der Waals surface area contributed by atoms with E-state index in [1.807, 2.05) is 0 Å². The standard InChI is InChI=1S/C15H23F4NO3/c16-14(17)15(18,19)10-23-13(22)9-5-8-12(21)20-11-6-3-1-2-4-7-11/h11,14H,1-10H2,(H,20,21). The first-order valence-electron chi connectivity index (χ1n) is 7.92. The highest BCUT2D eigenvalue weighted by Crippen LogP contribution is 2.23. The fraction of sp³-hybridized carbons (Fsp3) is 0.867. The average Bonchev–Trinajstić information content (AvgIpc) is 2.73. The van der Waals surface area contributed by atoms with Gasteiger partial charge >= 0.3 is 18.3 Å². The largest absolute Gasteiger partial charge is 0.459 e. The summed E-state index contributed by atoms with van der Waals surface area (Å²) in [6, 6.07) is 0.154. The molecule has 0 atom stereocenters. The summed E-state index contributed by atoms with van der Waals surface area (Å²) in [6.07, 6.45) is 2.47. The molecule has 1 rings (SSSR count). The van der Waals surface area contributed by atoms with Crippen LogP contribution < -0.4 is 5.32 Å². The lowest BCUT2D eigenvalue weighted by atomic mass is 10.1. The normalized spacial score (nSPS) is 16.9. The van der Waals surface area contributed by atoms with Gasteiger partial charge in [0.15, 0.2) is 6.61 Å². The summed E-state index contributed by atoms with van der Waals surface area (Å²) in [5.74, 6) is -5.54. The number of amides is 1. The van der Waals surface area contributed by atoms with E-state index in [9.17, 15) is 27.2 Å². The van der Waals surface area contributed by atoms with E-state index in [-0.39, 0.29) is 31.2 Å². The number of hydrogen-bond donors (Lipinski definition) is 1. The Labute approximate surface area is 132 Å². The van der Waals surface area contributed by atoms with E-state index in [0.29, 0.717) is 0 Å². The van der Waals surface area contributed by atoms with Crippen molar-refractivity contribution in [3.8, 4) is 0 Å². The smallest absolute Gasteiger partial charge is 0.340 e. The molecule has 1 fully saturated rings. The number of carbonyl (C=O) groups is 2. The maximum atomic E-state index is 12.6. The molecule has 1 N–H and O–H groups in total. The Balaban J connectivity index is 2.15. The number of ether oxygens (including phenoxy) is 1. The Hall–Kier alpha value is -1.34. The predicted molar refractivity (Wildman–Crippen MR) is 75.4 cm³/mol. The van der Waals surface area contributed by atoms with Crippen LogP contribution in [0.3, 0.4) is 0 Å². The number of alkyl halides is 4. The maximum absolute atomic E-state index is 12.6. The van der Waals surface area contributed by atoms with Crippen molar-refractivity contribution in [2.75, 3.05) is 6.61 Å². The van der Waals surface area contributed by atoms with Gasteiger partial charge in [0.05, 0.1) is 0 Å². The Morgan fingerprint density at radius 2 is 1.70 bits per heavy atom. The molecule has 0 bridgehead atoms. The molecule has 0 aliphatic heterocycles. The SMILES string of the molecule is O=C(CCCC(=O)OCC(F)(F)C(F)F)NC1CCCCCC1. The van der Waals surface area contributed by atoms with Crippen LogP contribution in [0, 0.1) is 0 Å². The summed E-state index contributed by atoms with van der Waals surface area (Å²) in [5, 5.41) is 2.89. The molecule has 0 aromatic carbocycles. The fourth-order valence-corrected chi connectivity index (χ4v) is 2.43. The summed E-state index contributed by atoms with van der Waals surface area (Å²) in [4.78, 5) is 22.9. The monoisotopic (exact) mass is 341 g/mol. The zero-order valence-corrected chi connectivity index (χ0v) is 13.0. The van der Waals surface area contributed by atoms with Crippen molar-refractivity contribution in [3.63, 3.8) is 0 Å². The summed E-state index contributed by atoms with van der Waals surface area (Å²) < 4.78 is 53.0. The lowest BCUT2D eigenvalue weighted by Crippen LogP contribution is -2.34. The van der Waals surface area contributed by atoms with Gasteiger partial charge < -0.3 is 10.1 Å². The third-order valence-electron chi connectivity index (χ3n) is 3.75. The second-order valence-corrected chi connectivity index (χ2v) is 5.83. The molecule has 0 spiro atoms. The number of carbonyl (C=O) groups excluding carboxylic acids is 2. The zero-order chi connectivity index (χ0) is 17.3. The lowest BCUT2D eigenvalue weighted by Gasteiger charge is -2.16. The Bertz CT molecular complexity index is 383. The van der Waals surface area contributed by atoms with Crippen LogP contribution in [0.5, 0.6) is 0 Å². The minimum atomic E-state index is -4.34. The molecule has 134 valence electrons. The molecule has 0 unspecified atom stereocenters. The van der Waals surface area contributed by atoms with Gasteiger partial charge in [-0.3, -0.25) is 9.59 Å². The van der Waals surface area contributed by atoms with Gasteiger partial charge in [-0.15, -0.1) is 0 Å². The number of halogens is 4. The minimum absolute atomic E-state index is 0.0802. The second-order valence-electron chi connectivity index (χ2n) is 5.83. The highest BCUT2D eigenvalue weighted by molar-refractivity contribution is 5.77. The second kappa shape index (κ2) is 9.72. The molecule has 1 aliphatic rings. The van der Waals surface area contributed by atoms with Crippen LogP contribution in [0.4, 0.5) is 17.6 Å². The van der Waals surface area contributed by atoms with Crippen molar-refractivity contribution in [1.29, 1.82) is 0 Å². The van der Waals surface area contributed by atoms with E-state index >= 15 is 0 Å². The van der Waals surface area contributed by atoms with Crippen molar-refractivity contribution >= 4 is 11.9 Å². The van der Waals surface area contributed by atoms with Crippen LogP contribution in [0.1, 0.15) is 57.8 Å². The van der Waals surface area contributed by atoms with Crippen molar-refractivity contribution in [2.24, 2.45) is 0 Å². The Kier molecular flexibility index (Phi) is 8.33. The Morgan fingerprint density at radius 1 is 1.09 bits per heavy atom. The van der Waals surface area contributed by atoms with Gasteiger partial charge in [0.1, 0.15) is 0 Å². The summed E-state index contributed by atoms with van der Waals surface area (Å²) >= 11 is 0. The number of nitrogens with one attached hydrogen (secondary N) is 1. The molecule has 1 aliphatic carbocycles. The lowest BCUT2D eigenvalue weighted by molar-refractivity contribution is -0.179. The van der Waals surface area contributed by atoms with Gasteiger partial charge in [-0.05, 0) is 19.3 Å². The van der Waals surface area contributed by atoms with Crippen LogP contribution >= 0.6 is 0 Å². The fourth-order valence-electron chi connectivity index (χ4n) is 2.43. The van der Waals surface area contributed by atoms with E-state index in [1.54, 1.807) is 0 Å². The number of esters is 1. The van der Waals surface area contributed by atoms with E-state index in [4.69, 9.17) is 0 Å². The molecule has 0 heterocycles. The first-order chi connectivity index (χ1) is 10.8. The van der Waals surface area contributed by atoms with Gasteiger partial charge in [-0.1, -0.05) is 25.7 Å². The third kappa shape index (κ3) is 8.18. The summed E-state index contributed by atoms with van der Waals surface area (Å²) in [5.41, 5.74) is 0. The molecule has 0 saturated heterocycles. The van der Waals surface area contributed by atoms with Crippen molar-refractivity contribution in [2.45, 2.75) is 76.2 Å². The molecular weight excluding hydrogens is 318 g/mol. The quantitative estimate of drug-likeness (QED) is 0.418. The van der Waals surface area contributed by atoms with Crippen LogP contribution in [0.15, 0.2) is 0 Å². The summed E-state index contributed by atoms with van der Waals surface area (Å²) in [6.45, 7) is -1.64. The van der Waals surface area contributed by atoms with E-state index in [1.165, 1.54) is 12.8 Å². The van der Waals surface area contributed by atoms with Gasteiger partial charge in [0, 0.05) is 18.9 Å². The van der Waals surface area contributed by atoms with Gasteiger partial charge in [0.2, 0.25) is 5.91 Å². The van der Waals surface area contributed by atoms with Crippen molar-refractivity contribution in [3.05, 3.63) is 0 Å². The van der Waals surface area contributed by atoms with Crippen molar-refractivity contribution < 1.29 is 31.9 Å². The molecule has 1 saturated carbocycles. The molecule has 4 nitrogen and oxygen atoms in total. The highest BCUT2D eigenvalue weighted by atomic mass is 19.3. The molecule has 1 amide bonds. The van der Waals surface area contributed by atoms with Crippen molar-refractivity contribution in [1.82, 2.24) is 5.32 Å². The first-order valence-corrected chi connectivity index (χ1v) is 7.92. The first kappa shape index (κ1) is 19.7. The van der Waals surface area contributed by atoms with E-state index in [0.717, 1.165) is 25.7 Å². The molecule has 8 heteroatoms. The number of rotatable bonds is 8. The number of hydrogen-bond acceptors (Lipinski definition) is 3. The highest BCUT2D eigenvalue weighted by Gasteiger charge is 2.42. The average molecular weight is 341 g/mol. The zero-order valence-electron chi connectivity index (χ0n) is 13.0. The minimum Gasteiger partial charge on any atom is -0.459 e. The maximum Gasteiger partial charge on any atom is 0.340 e. The van der Waals surface area contributed by atoms with Gasteiger partial charge in [0.25, 0.3) is 0 Å². The molecule has 23 heavy (non-hydrogen) atoms. The molecular formula is C15H23F4NO3. The van der Waals surface area contributed by atoms with E-state index < -0.39 is 24.9 Å².